The number of piperidine rings is 1. The SMILES string of the molecule is CC(C)c1ccc(NC(=O)c2c(-c3ccc(Cl)cc3)ncnc2N2CCCCC2)cn1. The van der Waals surface area contributed by atoms with Crippen LogP contribution in [-0.2, 0) is 0 Å². The lowest BCUT2D eigenvalue weighted by molar-refractivity contribution is 0.102. The zero-order valence-corrected chi connectivity index (χ0v) is 18.6. The summed E-state index contributed by atoms with van der Waals surface area (Å²) >= 11 is 6.07. The number of rotatable bonds is 5. The van der Waals surface area contributed by atoms with Crippen LogP contribution in [0.1, 0.15) is 55.1 Å². The van der Waals surface area contributed by atoms with Gasteiger partial charge < -0.3 is 10.2 Å². The van der Waals surface area contributed by atoms with E-state index in [0.29, 0.717) is 33.7 Å². The number of nitrogens with one attached hydrogen (secondary N) is 1. The van der Waals surface area contributed by atoms with Gasteiger partial charge in [-0.1, -0.05) is 37.6 Å². The summed E-state index contributed by atoms with van der Waals surface area (Å²) in [5.41, 5.74) is 3.52. The molecule has 1 aromatic carbocycles. The molecule has 7 heteroatoms. The first-order valence-electron chi connectivity index (χ1n) is 10.7. The van der Waals surface area contributed by atoms with E-state index in [1.54, 1.807) is 18.3 Å². The summed E-state index contributed by atoms with van der Waals surface area (Å²) in [6.45, 7) is 5.93. The van der Waals surface area contributed by atoms with Crippen molar-refractivity contribution in [3.05, 3.63) is 65.2 Å². The molecule has 0 spiro atoms. The predicted octanol–water partition coefficient (Wildman–Crippen LogP) is 5.56. The molecule has 1 amide bonds. The smallest absolute Gasteiger partial charge is 0.261 e. The number of anilines is 2. The average molecular weight is 436 g/mol. The molecule has 0 bridgehead atoms. The highest BCUT2D eigenvalue weighted by Gasteiger charge is 2.25. The Morgan fingerprint density at radius 3 is 2.39 bits per heavy atom. The molecule has 0 saturated carbocycles. The molecule has 160 valence electrons. The molecular formula is C24H26ClN5O. The topological polar surface area (TPSA) is 71.0 Å². The Kier molecular flexibility index (Phi) is 6.47. The number of halogens is 1. The molecule has 31 heavy (non-hydrogen) atoms. The molecule has 0 radical (unpaired) electrons. The third kappa shape index (κ3) is 4.85. The van der Waals surface area contributed by atoms with Crippen molar-refractivity contribution in [3.63, 3.8) is 0 Å². The third-order valence-electron chi connectivity index (χ3n) is 5.46. The molecule has 2 aromatic heterocycles. The van der Waals surface area contributed by atoms with Crippen LogP contribution in [0, 0.1) is 0 Å². The van der Waals surface area contributed by atoms with Crippen molar-refractivity contribution in [2.45, 2.75) is 39.0 Å². The van der Waals surface area contributed by atoms with Crippen LogP contribution < -0.4 is 10.2 Å². The minimum absolute atomic E-state index is 0.245. The maximum Gasteiger partial charge on any atom is 0.261 e. The van der Waals surface area contributed by atoms with Crippen molar-refractivity contribution in [2.24, 2.45) is 0 Å². The minimum atomic E-state index is -0.245. The number of nitrogens with zero attached hydrogens (tertiary/aromatic N) is 4. The first-order chi connectivity index (χ1) is 15.0. The van der Waals surface area contributed by atoms with Crippen LogP contribution in [0.2, 0.25) is 5.02 Å². The fraction of sp³-hybridized carbons (Fsp3) is 0.333. The fourth-order valence-electron chi connectivity index (χ4n) is 3.77. The second kappa shape index (κ2) is 9.43. The van der Waals surface area contributed by atoms with Crippen molar-refractivity contribution in [1.82, 2.24) is 15.0 Å². The van der Waals surface area contributed by atoms with Gasteiger partial charge in [-0.2, -0.15) is 0 Å². The van der Waals surface area contributed by atoms with Gasteiger partial charge in [-0.3, -0.25) is 9.78 Å². The molecule has 4 rings (SSSR count). The quantitative estimate of drug-likeness (QED) is 0.568. The van der Waals surface area contributed by atoms with Crippen LogP contribution in [0.25, 0.3) is 11.3 Å². The van der Waals surface area contributed by atoms with Gasteiger partial charge in [-0.25, -0.2) is 9.97 Å². The summed E-state index contributed by atoms with van der Waals surface area (Å²) in [6.07, 6.45) is 6.59. The average Bonchev–Trinajstić information content (AvgIpc) is 2.80. The number of benzene rings is 1. The van der Waals surface area contributed by atoms with Crippen LogP contribution in [0.3, 0.4) is 0 Å². The highest BCUT2D eigenvalue weighted by molar-refractivity contribution is 6.30. The number of amides is 1. The third-order valence-corrected chi connectivity index (χ3v) is 5.72. The largest absolute Gasteiger partial charge is 0.356 e. The van der Waals surface area contributed by atoms with Crippen molar-refractivity contribution >= 4 is 29.0 Å². The highest BCUT2D eigenvalue weighted by atomic mass is 35.5. The lowest BCUT2D eigenvalue weighted by Crippen LogP contribution is -2.32. The Bertz CT molecular complexity index is 1040. The predicted molar refractivity (Wildman–Crippen MR) is 125 cm³/mol. The first-order valence-corrected chi connectivity index (χ1v) is 11.0. The number of aromatic nitrogens is 3. The van der Waals surface area contributed by atoms with E-state index in [1.165, 1.54) is 12.7 Å². The molecule has 3 heterocycles. The molecule has 0 aliphatic carbocycles. The molecule has 1 saturated heterocycles. The summed E-state index contributed by atoms with van der Waals surface area (Å²) in [4.78, 5) is 29.1. The van der Waals surface area contributed by atoms with Crippen molar-refractivity contribution < 1.29 is 4.79 Å². The van der Waals surface area contributed by atoms with Gasteiger partial charge in [0.05, 0.1) is 17.6 Å². The van der Waals surface area contributed by atoms with E-state index < -0.39 is 0 Å². The Balaban J connectivity index is 1.73. The van der Waals surface area contributed by atoms with E-state index in [1.807, 2.05) is 24.3 Å². The zero-order valence-electron chi connectivity index (χ0n) is 17.8. The number of pyridine rings is 1. The summed E-state index contributed by atoms with van der Waals surface area (Å²) < 4.78 is 0. The normalized spacial score (nSPS) is 14.0. The number of carbonyl (C=O) groups excluding carboxylic acids is 1. The fourth-order valence-corrected chi connectivity index (χ4v) is 3.90. The van der Waals surface area contributed by atoms with Gasteiger partial charge in [0, 0.05) is 29.4 Å². The maximum atomic E-state index is 13.5. The monoisotopic (exact) mass is 435 g/mol. The van der Waals surface area contributed by atoms with Crippen LogP contribution in [0.5, 0.6) is 0 Å². The lowest BCUT2D eigenvalue weighted by Gasteiger charge is -2.29. The van der Waals surface area contributed by atoms with Crippen LogP contribution in [0.4, 0.5) is 11.5 Å². The van der Waals surface area contributed by atoms with Crippen molar-refractivity contribution in [3.8, 4) is 11.3 Å². The van der Waals surface area contributed by atoms with Gasteiger partial charge in [0.1, 0.15) is 17.7 Å². The van der Waals surface area contributed by atoms with E-state index in [9.17, 15) is 4.79 Å². The lowest BCUT2D eigenvalue weighted by atomic mass is 10.0. The molecule has 1 N–H and O–H groups in total. The molecule has 1 aliphatic heterocycles. The molecular weight excluding hydrogens is 410 g/mol. The van der Waals surface area contributed by atoms with Crippen LogP contribution >= 0.6 is 11.6 Å². The Morgan fingerprint density at radius 2 is 1.74 bits per heavy atom. The van der Waals surface area contributed by atoms with Gasteiger partial charge in [0.2, 0.25) is 0 Å². The Hall–Kier alpha value is -2.99. The summed E-state index contributed by atoms with van der Waals surface area (Å²) in [5, 5.41) is 3.63. The van der Waals surface area contributed by atoms with Gasteiger partial charge in [0.25, 0.3) is 5.91 Å². The molecule has 0 unspecified atom stereocenters. The van der Waals surface area contributed by atoms with Gasteiger partial charge >= 0.3 is 0 Å². The number of carbonyl (C=O) groups is 1. The van der Waals surface area contributed by atoms with Gasteiger partial charge in [-0.15, -0.1) is 0 Å². The number of hydrogen-bond acceptors (Lipinski definition) is 5. The molecule has 1 aliphatic rings. The van der Waals surface area contributed by atoms with E-state index in [2.05, 4.69) is 39.0 Å². The second-order valence-corrected chi connectivity index (χ2v) is 8.49. The minimum Gasteiger partial charge on any atom is -0.356 e. The molecule has 6 nitrogen and oxygen atoms in total. The molecule has 1 fully saturated rings. The highest BCUT2D eigenvalue weighted by Crippen LogP contribution is 2.31. The van der Waals surface area contributed by atoms with Crippen LogP contribution in [-0.4, -0.2) is 33.9 Å². The summed E-state index contributed by atoms with van der Waals surface area (Å²) in [7, 11) is 0. The van der Waals surface area contributed by atoms with E-state index in [4.69, 9.17) is 11.6 Å². The molecule has 3 aromatic rings. The number of hydrogen-bond donors (Lipinski definition) is 1. The Labute approximate surface area is 187 Å². The van der Waals surface area contributed by atoms with Crippen LogP contribution in [0.15, 0.2) is 48.9 Å². The van der Waals surface area contributed by atoms with E-state index in [-0.39, 0.29) is 5.91 Å². The zero-order chi connectivity index (χ0) is 21.8. The van der Waals surface area contributed by atoms with E-state index in [0.717, 1.165) is 37.2 Å². The van der Waals surface area contributed by atoms with E-state index >= 15 is 0 Å². The summed E-state index contributed by atoms with van der Waals surface area (Å²) in [5.74, 6) is 0.753. The maximum absolute atomic E-state index is 13.5. The van der Waals surface area contributed by atoms with Gasteiger partial charge in [0.15, 0.2) is 0 Å². The van der Waals surface area contributed by atoms with Gasteiger partial charge in [-0.05, 0) is 49.4 Å². The molecule has 0 atom stereocenters. The van der Waals surface area contributed by atoms with Crippen molar-refractivity contribution in [2.75, 3.05) is 23.3 Å². The second-order valence-electron chi connectivity index (χ2n) is 8.06. The van der Waals surface area contributed by atoms with Crippen molar-refractivity contribution in [1.29, 1.82) is 0 Å². The first kappa shape index (κ1) is 21.2. The Morgan fingerprint density at radius 1 is 1.00 bits per heavy atom. The summed E-state index contributed by atoms with van der Waals surface area (Å²) in [6, 6.07) is 11.2. The standard InChI is InChI=1S/C24H26ClN5O/c1-16(2)20-11-10-19(14-26-20)29-24(31)21-22(17-6-8-18(25)9-7-17)27-15-28-23(21)30-12-4-3-5-13-30/h6-11,14-16H,3-5,12-13H2,1-2H3,(H,29,31).